The van der Waals surface area contributed by atoms with Gasteiger partial charge in [0.2, 0.25) is 5.91 Å². The standard InChI is InChI=1S/C18H23N3O3/c1-11(22)19-15(18(2,3)4)16-20-14(17(24)21(16)5)10-12-6-8-13(23)9-7-12/h6-10,15,23H,1-5H3,(H,19,22)/b14-10-. The lowest BCUT2D eigenvalue weighted by molar-refractivity contribution is -0.122. The van der Waals surface area contributed by atoms with Gasteiger partial charge in [-0.2, -0.15) is 0 Å². The fourth-order valence-corrected chi connectivity index (χ4v) is 2.47. The SMILES string of the molecule is CC(=O)NC(C1=N/C(=C\c2ccc(O)cc2)C(=O)N1C)C(C)(C)C. The number of rotatable bonds is 3. The molecule has 24 heavy (non-hydrogen) atoms. The van der Waals surface area contributed by atoms with E-state index in [1.807, 2.05) is 20.8 Å². The van der Waals surface area contributed by atoms with Crippen molar-refractivity contribution in [2.24, 2.45) is 10.4 Å². The fourth-order valence-electron chi connectivity index (χ4n) is 2.47. The van der Waals surface area contributed by atoms with E-state index >= 15 is 0 Å². The predicted molar refractivity (Wildman–Crippen MR) is 93.3 cm³/mol. The first-order chi connectivity index (χ1) is 11.1. The van der Waals surface area contributed by atoms with Gasteiger partial charge >= 0.3 is 0 Å². The third kappa shape index (κ3) is 3.82. The van der Waals surface area contributed by atoms with Gasteiger partial charge in [0.25, 0.3) is 5.91 Å². The van der Waals surface area contributed by atoms with Crippen LogP contribution in [-0.2, 0) is 9.59 Å². The zero-order valence-corrected chi connectivity index (χ0v) is 14.6. The van der Waals surface area contributed by atoms with Gasteiger partial charge in [0.1, 0.15) is 17.3 Å². The van der Waals surface area contributed by atoms with Gasteiger partial charge in [-0.25, -0.2) is 4.99 Å². The molecule has 0 spiro atoms. The summed E-state index contributed by atoms with van der Waals surface area (Å²) in [5, 5.41) is 12.2. The number of aliphatic imine (C=N–C) groups is 1. The molecule has 0 aliphatic carbocycles. The second-order valence-electron chi connectivity index (χ2n) is 6.95. The van der Waals surface area contributed by atoms with Crippen LogP contribution >= 0.6 is 0 Å². The van der Waals surface area contributed by atoms with E-state index in [0.29, 0.717) is 11.5 Å². The van der Waals surface area contributed by atoms with Crippen LogP contribution in [0.25, 0.3) is 6.08 Å². The van der Waals surface area contributed by atoms with Gasteiger partial charge in [0, 0.05) is 14.0 Å². The molecule has 1 aromatic rings. The number of aromatic hydroxyl groups is 1. The van der Waals surface area contributed by atoms with Crippen LogP contribution in [0.15, 0.2) is 35.0 Å². The van der Waals surface area contributed by atoms with Crippen LogP contribution in [0.2, 0.25) is 0 Å². The molecule has 1 aliphatic heterocycles. The van der Waals surface area contributed by atoms with Gasteiger partial charge in [0.05, 0.1) is 6.04 Å². The maximum absolute atomic E-state index is 12.5. The van der Waals surface area contributed by atoms with E-state index in [0.717, 1.165) is 5.56 Å². The largest absolute Gasteiger partial charge is 0.508 e. The summed E-state index contributed by atoms with van der Waals surface area (Å²) in [5.41, 5.74) is 0.770. The third-order valence-electron chi connectivity index (χ3n) is 3.77. The maximum atomic E-state index is 12.5. The number of likely N-dealkylation sites (N-methyl/N-ethyl adjacent to an activating group) is 1. The van der Waals surface area contributed by atoms with E-state index < -0.39 is 0 Å². The molecule has 0 aromatic heterocycles. The Hall–Kier alpha value is -2.63. The Bertz CT molecular complexity index is 712. The molecule has 0 saturated carbocycles. The highest BCUT2D eigenvalue weighted by molar-refractivity contribution is 6.16. The van der Waals surface area contributed by atoms with Crippen LogP contribution in [-0.4, -0.2) is 40.7 Å². The summed E-state index contributed by atoms with van der Waals surface area (Å²) in [6.45, 7) is 7.39. The Balaban J connectivity index is 2.41. The Morgan fingerprint density at radius 1 is 1.29 bits per heavy atom. The minimum Gasteiger partial charge on any atom is -0.508 e. The number of carbonyl (C=O) groups excluding carboxylic acids is 2. The summed E-state index contributed by atoms with van der Waals surface area (Å²) in [7, 11) is 1.65. The lowest BCUT2D eigenvalue weighted by Crippen LogP contribution is -2.52. The molecular weight excluding hydrogens is 306 g/mol. The van der Waals surface area contributed by atoms with E-state index in [4.69, 9.17) is 0 Å². The van der Waals surface area contributed by atoms with E-state index in [9.17, 15) is 14.7 Å². The average molecular weight is 329 g/mol. The zero-order chi connectivity index (χ0) is 18.1. The Kier molecular flexibility index (Phi) is 4.78. The van der Waals surface area contributed by atoms with Gasteiger partial charge in [-0.15, -0.1) is 0 Å². The van der Waals surface area contributed by atoms with Crippen molar-refractivity contribution in [3.8, 4) is 5.75 Å². The van der Waals surface area contributed by atoms with Crippen molar-refractivity contribution in [1.29, 1.82) is 0 Å². The molecule has 1 atom stereocenters. The first kappa shape index (κ1) is 17.7. The highest BCUT2D eigenvalue weighted by Crippen LogP contribution is 2.27. The molecule has 0 bridgehead atoms. The molecule has 1 unspecified atom stereocenters. The van der Waals surface area contributed by atoms with Crippen LogP contribution in [0.3, 0.4) is 0 Å². The second-order valence-corrected chi connectivity index (χ2v) is 6.95. The maximum Gasteiger partial charge on any atom is 0.277 e. The van der Waals surface area contributed by atoms with Crippen LogP contribution in [0.4, 0.5) is 0 Å². The Morgan fingerprint density at radius 2 is 1.88 bits per heavy atom. The van der Waals surface area contributed by atoms with Gasteiger partial charge in [-0.3, -0.25) is 14.5 Å². The predicted octanol–water partition coefficient (Wildman–Crippen LogP) is 2.15. The van der Waals surface area contributed by atoms with Crippen LogP contribution in [0, 0.1) is 5.41 Å². The third-order valence-corrected chi connectivity index (χ3v) is 3.77. The van der Waals surface area contributed by atoms with E-state index in [1.165, 1.54) is 11.8 Å². The molecule has 1 heterocycles. The topological polar surface area (TPSA) is 82.0 Å². The number of hydrogen-bond donors (Lipinski definition) is 2. The van der Waals surface area contributed by atoms with Crippen molar-refractivity contribution >= 4 is 23.7 Å². The molecular formula is C18H23N3O3. The normalized spacial score (nSPS) is 17.9. The quantitative estimate of drug-likeness (QED) is 0.834. The van der Waals surface area contributed by atoms with Crippen LogP contribution < -0.4 is 5.32 Å². The number of nitrogens with zero attached hydrogens (tertiary/aromatic N) is 2. The molecule has 2 amide bonds. The Labute approximate surface area is 141 Å². The average Bonchev–Trinajstić information content (AvgIpc) is 2.74. The van der Waals surface area contributed by atoms with E-state index in [1.54, 1.807) is 37.4 Å². The van der Waals surface area contributed by atoms with Crippen LogP contribution in [0.1, 0.15) is 33.3 Å². The number of nitrogens with one attached hydrogen (secondary N) is 1. The number of amidine groups is 1. The van der Waals surface area contributed by atoms with Crippen molar-refractivity contribution in [2.75, 3.05) is 7.05 Å². The van der Waals surface area contributed by atoms with Gasteiger partial charge in [-0.05, 0) is 29.2 Å². The summed E-state index contributed by atoms with van der Waals surface area (Å²) >= 11 is 0. The number of benzene rings is 1. The zero-order valence-electron chi connectivity index (χ0n) is 14.6. The summed E-state index contributed by atoms with van der Waals surface area (Å²) in [6.07, 6.45) is 1.67. The van der Waals surface area contributed by atoms with Gasteiger partial charge < -0.3 is 10.4 Å². The minimum absolute atomic E-state index is 0.162. The van der Waals surface area contributed by atoms with E-state index in [2.05, 4.69) is 10.3 Å². The Morgan fingerprint density at radius 3 is 2.38 bits per heavy atom. The highest BCUT2D eigenvalue weighted by Gasteiger charge is 2.38. The highest BCUT2D eigenvalue weighted by atomic mass is 16.3. The fraction of sp³-hybridized carbons (Fsp3) is 0.389. The van der Waals surface area contributed by atoms with E-state index in [-0.39, 0.29) is 29.0 Å². The molecule has 1 aromatic carbocycles. The summed E-state index contributed by atoms with van der Waals surface area (Å²) in [5.74, 6) is 0.287. The summed E-state index contributed by atoms with van der Waals surface area (Å²) in [4.78, 5) is 30.0. The second kappa shape index (κ2) is 6.47. The van der Waals surface area contributed by atoms with Crippen molar-refractivity contribution in [3.63, 3.8) is 0 Å². The van der Waals surface area contributed by atoms with Gasteiger partial charge in [0.15, 0.2) is 0 Å². The molecule has 128 valence electrons. The monoisotopic (exact) mass is 329 g/mol. The van der Waals surface area contributed by atoms with Crippen molar-refractivity contribution in [2.45, 2.75) is 33.7 Å². The smallest absolute Gasteiger partial charge is 0.277 e. The van der Waals surface area contributed by atoms with Crippen molar-refractivity contribution in [1.82, 2.24) is 10.2 Å². The first-order valence-electron chi connectivity index (χ1n) is 7.74. The number of phenolic OH excluding ortho intramolecular Hbond substituents is 1. The minimum atomic E-state index is -0.380. The number of amides is 2. The van der Waals surface area contributed by atoms with Crippen molar-refractivity contribution < 1.29 is 14.7 Å². The molecule has 0 radical (unpaired) electrons. The van der Waals surface area contributed by atoms with Crippen molar-refractivity contribution in [3.05, 3.63) is 35.5 Å². The first-order valence-corrected chi connectivity index (χ1v) is 7.74. The molecule has 6 heteroatoms. The molecule has 0 fully saturated rings. The molecule has 6 nitrogen and oxygen atoms in total. The summed E-state index contributed by atoms with van der Waals surface area (Å²) < 4.78 is 0. The molecule has 1 aliphatic rings. The van der Waals surface area contributed by atoms with Crippen LogP contribution in [0.5, 0.6) is 5.75 Å². The molecule has 2 N–H and O–H groups in total. The van der Waals surface area contributed by atoms with Gasteiger partial charge in [-0.1, -0.05) is 32.9 Å². The lowest BCUT2D eigenvalue weighted by Gasteiger charge is -2.33. The number of phenols is 1. The number of carbonyl (C=O) groups is 2. The number of hydrogen-bond acceptors (Lipinski definition) is 4. The lowest BCUT2D eigenvalue weighted by atomic mass is 9.85. The molecule has 2 rings (SSSR count). The molecule has 0 saturated heterocycles. The summed E-state index contributed by atoms with van der Waals surface area (Å²) in [6, 6.07) is 6.14.